The van der Waals surface area contributed by atoms with Gasteiger partial charge < -0.3 is 0 Å². The van der Waals surface area contributed by atoms with Crippen LogP contribution in [-0.4, -0.2) is 5.78 Å². The van der Waals surface area contributed by atoms with Crippen LogP contribution in [-0.2, 0) is 6.42 Å². The van der Waals surface area contributed by atoms with Crippen LogP contribution in [0, 0.1) is 15.2 Å². The topological polar surface area (TPSA) is 17.1 Å². The summed E-state index contributed by atoms with van der Waals surface area (Å²) in [4.78, 5) is 12.0. The molecule has 0 spiro atoms. The summed E-state index contributed by atoms with van der Waals surface area (Å²) in [6.45, 7) is 0. The third-order valence-electron chi connectivity index (χ3n) is 2.60. The Bertz CT molecular complexity index is 643. The third kappa shape index (κ3) is 3.51. The van der Waals surface area contributed by atoms with Crippen LogP contribution in [0.25, 0.3) is 0 Å². The molecule has 98 valence electrons. The molecule has 19 heavy (non-hydrogen) atoms. The molecule has 0 saturated carbocycles. The van der Waals surface area contributed by atoms with Gasteiger partial charge in [0.25, 0.3) is 0 Å². The molecule has 0 aromatic heterocycles. The summed E-state index contributed by atoms with van der Waals surface area (Å²) >= 11 is 7.97. The van der Waals surface area contributed by atoms with Gasteiger partial charge in [0.1, 0.15) is 11.6 Å². The van der Waals surface area contributed by atoms with Gasteiger partial charge in [-0.25, -0.2) is 8.78 Å². The van der Waals surface area contributed by atoms with Crippen molar-refractivity contribution in [3.63, 3.8) is 0 Å². The van der Waals surface area contributed by atoms with Crippen molar-refractivity contribution in [1.29, 1.82) is 0 Å². The Kier molecular flexibility index (Phi) is 4.52. The molecule has 0 unspecified atom stereocenters. The van der Waals surface area contributed by atoms with Crippen molar-refractivity contribution in [1.82, 2.24) is 0 Å². The molecule has 0 saturated heterocycles. The molecular formula is C14H8ClF2IO. The number of hydrogen-bond donors (Lipinski definition) is 0. The number of benzene rings is 2. The van der Waals surface area contributed by atoms with Crippen molar-refractivity contribution >= 4 is 40.0 Å². The van der Waals surface area contributed by atoms with E-state index in [0.29, 0.717) is 10.6 Å². The fourth-order valence-electron chi connectivity index (χ4n) is 1.62. The van der Waals surface area contributed by atoms with E-state index in [1.165, 1.54) is 6.07 Å². The van der Waals surface area contributed by atoms with E-state index in [4.69, 9.17) is 11.6 Å². The first kappa shape index (κ1) is 14.4. The maximum atomic E-state index is 13.4. The second-order valence-electron chi connectivity index (χ2n) is 3.96. The van der Waals surface area contributed by atoms with E-state index in [0.717, 1.165) is 21.8 Å². The van der Waals surface area contributed by atoms with Crippen molar-refractivity contribution in [2.75, 3.05) is 0 Å². The SMILES string of the molecule is O=C(Cc1cc(F)ccc1F)c1ccc(I)c(Cl)c1. The quantitative estimate of drug-likeness (QED) is 0.549. The fraction of sp³-hybridized carbons (Fsp3) is 0.0714. The van der Waals surface area contributed by atoms with Crippen LogP contribution >= 0.6 is 34.2 Å². The lowest BCUT2D eigenvalue weighted by Gasteiger charge is -2.05. The zero-order chi connectivity index (χ0) is 14.0. The summed E-state index contributed by atoms with van der Waals surface area (Å²) in [5.74, 6) is -1.46. The number of halogens is 4. The minimum atomic E-state index is -0.591. The van der Waals surface area contributed by atoms with E-state index in [2.05, 4.69) is 0 Å². The van der Waals surface area contributed by atoms with Crippen molar-refractivity contribution < 1.29 is 13.6 Å². The van der Waals surface area contributed by atoms with Crippen LogP contribution in [0.3, 0.4) is 0 Å². The average Bonchev–Trinajstić information content (AvgIpc) is 2.37. The Labute approximate surface area is 127 Å². The van der Waals surface area contributed by atoms with E-state index in [1.807, 2.05) is 22.6 Å². The van der Waals surface area contributed by atoms with Crippen molar-refractivity contribution in [3.05, 3.63) is 67.8 Å². The Morgan fingerprint density at radius 1 is 1.16 bits per heavy atom. The molecule has 1 nitrogen and oxygen atoms in total. The number of rotatable bonds is 3. The first-order valence-corrected chi connectivity index (χ1v) is 6.85. The lowest BCUT2D eigenvalue weighted by atomic mass is 10.0. The molecular weight excluding hydrogens is 385 g/mol. The molecule has 0 aliphatic heterocycles. The van der Waals surface area contributed by atoms with Gasteiger partial charge >= 0.3 is 0 Å². The van der Waals surface area contributed by atoms with E-state index in [1.54, 1.807) is 12.1 Å². The van der Waals surface area contributed by atoms with Crippen LogP contribution < -0.4 is 0 Å². The molecule has 0 heterocycles. The van der Waals surface area contributed by atoms with Gasteiger partial charge in [-0.1, -0.05) is 17.7 Å². The summed E-state index contributed by atoms with van der Waals surface area (Å²) in [6.07, 6.45) is -0.194. The normalized spacial score (nSPS) is 10.5. The largest absolute Gasteiger partial charge is 0.294 e. The molecule has 0 N–H and O–H groups in total. The number of hydrogen-bond acceptors (Lipinski definition) is 1. The van der Waals surface area contributed by atoms with E-state index < -0.39 is 11.6 Å². The summed E-state index contributed by atoms with van der Waals surface area (Å²) in [5, 5.41) is 0.464. The maximum Gasteiger partial charge on any atom is 0.167 e. The first-order chi connectivity index (χ1) is 8.97. The fourth-order valence-corrected chi connectivity index (χ4v) is 2.14. The Morgan fingerprint density at radius 2 is 1.89 bits per heavy atom. The van der Waals surface area contributed by atoms with Crippen LogP contribution in [0.5, 0.6) is 0 Å². The summed E-state index contributed by atoms with van der Waals surface area (Å²) < 4.78 is 27.3. The van der Waals surface area contributed by atoms with Crippen LogP contribution in [0.2, 0.25) is 5.02 Å². The minimum Gasteiger partial charge on any atom is -0.294 e. The lowest BCUT2D eigenvalue weighted by molar-refractivity contribution is 0.0992. The predicted octanol–water partition coefficient (Wildman–Crippen LogP) is 4.65. The second kappa shape index (κ2) is 5.96. The smallest absolute Gasteiger partial charge is 0.167 e. The van der Waals surface area contributed by atoms with E-state index in [-0.39, 0.29) is 17.8 Å². The van der Waals surface area contributed by atoms with Gasteiger partial charge in [0.2, 0.25) is 0 Å². The summed E-state index contributed by atoms with van der Waals surface area (Å²) in [7, 11) is 0. The van der Waals surface area contributed by atoms with Crippen molar-refractivity contribution in [2.24, 2.45) is 0 Å². The van der Waals surface area contributed by atoms with Crippen molar-refractivity contribution in [3.8, 4) is 0 Å². The highest BCUT2D eigenvalue weighted by Gasteiger charge is 2.12. The monoisotopic (exact) mass is 392 g/mol. The highest BCUT2D eigenvalue weighted by atomic mass is 127. The summed E-state index contributed by atoms with van der Waals surface area (Å²) in [5.41, 5.74) is 0.425. The zero-order valence-electron chi connectivity index (χ0n) is 9.59. The van der Waals surface area contributed by atoms with Crippen molar-refractivity contribution in [2.45, 2.75) is 6.42 Å². The molecule has 0 amide bonds. The van der Waals surface area contributed by atoms with Gasteiger partial charge in [-0.05, 0) is 58.5 Å². The molecule has 2 rings (SSSR count). The van der Waals surface area contributed by atoms with Gasteiger partial charge in [0, 0.05) is 15.6 Å². The van der Waals surface area contributed by atoms with Crippen LogP contribution in [0.1, 0.15) is 15.9 Å². The number of carbonyl (C=O) groups is 1. The van der Waals surface area contributed by atoms with Gasteiger partial charge in [-0.3, -0.25) is 4.79 Å². The lowest BCUT2D eigenvalue weighted by Crippen LogP contribution is -2.06. The van der Waals surface area contributed by atoms with Crippen LogP contribution in [0.15, 0.2) is 36.4 Å². The molecule has 0 aliphatic rings. The highest BCUT2D eigenvalue weighted by Crippen LogP contribution is 2.21. The molecule has 0 aliphatic carbocycles. The van der Waals surface area contributed by atoms with Gasteiger partial charge in [0.05, 0.1) is 5.02 Å². The van der Waals surface area contributed by atoms with Gasteiger partial charge in [-0.15, -0.1) is 0 Å². The van der Waals surface area contributed by atoms with Crippen LogP contribution in [0.4, 0.5) is 8.78 Å². The first-order valence-electron chi connectivity index (χ1n) is 5.39. The molecule has 0 fully saturated rings. The molecule has 0 radical (unpaired) electrons. The zero-order valence-corrected chi connectivity index (χ0v) is 12.5. The molecule has 0 atom stereocenters. The molecule has 5 heteroatoms. The third-order valence-corrected chi connectivity index (χ3v) is 4.17. The number of carbonyl (C=O) groups excluding carboxylic acids is 1. The number of Topliss-reactive ketones (excluding diaryl/α,β-unsaturated/α-hetero) is 1. The average molecular weight is 393 g/mol. The minimum absolute atomic E-state index is 0.0414. The standard InChI is InChI=1S/C14H8ClF2IO/c15-11-6-8(1-4-13(11)18)14(19)7-9-5-10(16)2-3-12(9)17/h1-6H,7H2. The maximum absolute atomic E-state index is 13.4. The van der Waals surface area contributed by atoms with E-state index in [9.17, 15) is 13.6 Å². The highest BCUT2D eigenvalue weighted by molar-refractivity contribution is 14.1. The van der Waals surface area contributed by atoms with E-state index >= 15 is 0 Å². The molecule has 2 aromatic carbocycles. The predicted molar refractivity (Wildman–Crippen MR) is 78.6 cm³/mol. The van der Waals surface area contributed by atoms with Gasteiger partial charge in [-0.2, -0.15) is 0 Å². The second-order valence-corrected chi connectivity index (χ2v) is 5.53. The summed E-state index contributed by atoms with van der Waals surface area (Å²) in [6, 6.07) is 7.92. The Morgan fingerprint density at radius 3 is 2.58 bits per heavy atom. The molecule has 0 bridgehead atoms. The van der Waals surface area contributed by atoms with Gasteiger partial charge in [0.15, 0.2) is 5.78 Å². The Balaban J connectivity index is 2.25. The number of ketones is 1. The molecule has 2 aromatic rings. The Hall–Kier alpha value is -1.01.